The van der Waals surface area contributed by atoms with Crippen molar-refractivity contribution < 1.29 is 8.42 Å². The van der Waals surface area contributed by atoms with E-state index in [1.54, 1.807) is 26.8 Å². The molecule has 0 aromatic rings. The minimum Gasteiger partial charge on any atom is -0.207 e. The summed E-state index contributed by atoms with van der Waals surface area (Å²) in [6.07, 6.45) is 3.17. The lowest BCUT2D eigenvalue weighted by molar-refractivity contribution is 0.615. The first-order chi connectivity index (χ1) is 5.84. The Bertz CT molecular complexity index is 361. The zero-order chi connectivity index (χ0) is 10.6. The summed E-state index contributed by atoms with van der Waals surface area (Å²) in [5.41, 5.74) is 1.19. The molecule has 0 rings (SSSR count). The van der Waals surface area contributed by atoms with Crippen LogP contribution in [0, 0.1) is 0 Å². The lowest BCUT2D eigenvalue weighted by atomic mass is 10.2. The molecule has 0 saturated carbocycles. The number of hydrogen-bond donors (Lipinski definition) is 0. The summed E-state index contributed by atoms with van der Waals surface area (Å²) in [5, 5.41) is 0. The molecule has 0 aromatic carbocycles. The molecule has 0 aliphatic carbocycles. The zero-order valence-electron chi connectivity index (χ0n) is 7.96. The van der Waals surface area contributed by atoms with Crippen LogP contribution >= 0.6 is 10.7 Å². The van der Waals surface area contributed by atoms with Gasteiger partial charge in [-0.25, -0.2) is 8.42 Å². The van der Waals surface area contributed by atoms with E-state index in [9.17, 15) is 8.42 Å². The standard InChI is InChI=1S/C9H13ClO2S/c1-5-7(3)9(8(4)6-2)13(10,11)12/h5-6H,1H2,2-4H3/b8-6-,9-7+. The molecule has 0 unspecified atom stereocenters. The molecule has 0 fully saturated rings. The summed E-state index contributed by atoms with van der Waals surface area (Å²) in [4.78, 5) is 0.145. The summed E-state index contributed by atoms with van der Waals surface area (Å²) in [5.74, 6) is 0. The van der Waals surface area contributed by atoms with Crippen molar-refractivity contribution in [2.45, 2.75) is 20.8 Å². The first-order valence-corrected chi connectivity index (χ1v) is 6.06. The number of halogens is 1. The maximum atomic E-state index is 11.2. The van der Waals surface area contributed by atoms with Crippen molar-refractivity contribution in [1.29, 1.82) is 0 Å². The van der Waals surface area contributed by atoms with Crippen molar-refractivity contribution in [2.75, 3.05) is 0 Å². The van der Waals surface area contributed by atoms with Crippen LogP contribution < -0.4 is 0 Å². The molecular formula is C9H13ClO2S. The van der Waals surface area contributed by atoms with E-state index in [2.05, 4.69) is 6.58 Å². The maximum absolute atomic E-state index is 11.2. The molecule has 2 nitrogen and oxygen atoms in total. The van der Waals surface area contributed by atoms with Crippen LogP contribution in [0.2, 0.25) is 0 Å². The Morgan fingerprint density at radius 2 is 1.85 bits per heavy atom. The zero-order valence-corrected chi connectivity index (χ0v) is 9.54. The highest BCUT2D eigenvalue weighted by Gasteiger charge is 2.17. The molecule has 0 bridgehead atoms. The third kappa shape index (κ3) is 3.36. The van der Waals surface area contributed by atoms with E-state index >= 15 is 0 Å². The van der Waals surface area contributed by atoms with Crippen LogP contribution in [0.5, 0.6) is 0 Å². The summed E-state index contributed by atoms with van der Waals surface area (Å²) >= 11 is 0. The second kappa shape index (κ2) is 4.63. The minimum absolute atomic E-state index is 0.145. The fraction of sp³-hybridized carbons (Fsp3) is 0.333. The van der Waals surface area contributed by atoms with Gasteiger partial charge in [-0.2, -0.15) is 0 Å². The molecule has 0 N–H and O–H groups in total. The molecule has 0 aliphatic heterocycles. The molecule has 0 aliphatic rings. The molecule has 0 radical (unpaired) electrons. The summed E-state index contributed by atoms with van der Waals surface area (Å²) in [6.45, 7) is 8.62. The Kier molecular flexibility index (Phi) is 4.44. The van der Waals surface area contributed by atoms with Crippen LogP contribution in [-0.4, -0.2) is 8.42 Å². The molecule has 0 saturated heterocycles. The maximum Gasteiger partial charge on any atom is 0.261 e. The molecule has 0 spiro atoms. The molecule has 0 atom stereocenters. The normalized spacial score (nSPS) is 15.2. The summed E-state index contributed by atoms with van der Waals surface area (Å²) in [6, 6.07) is 0. The van der Waals surface area contributed by atoms with E-state index < -0.39 is 9.05 Å². The van der Waals surface area contributed by atoms with E-state index in [4.69, 9.17) is 10.7 Å². The van der Waals surface area contributed by atoms with Crippen LogP contribution in [0.25, 0.3) is 0 Å². The lowest BCUT2D eigenvalue weighted by Gasteiger charge is -2.05. The highest BCUT2D eigenvalue weighted by Crippen LogP contribution is 2.24. The van der Waals surface area contributed by atoms with Gasteiger partial charge in [-0.15, -0.1) is 0 Å². The quantitative estimate of drug-likeness (QED) is 0.541. The van der Waals surface area contributed by atoms with Crippen molar-refractivity contribution in [3.63, 3.8) is 0 Å². The molecule has 13 heavy (non-hydrogen) atoms. The van der Waals surface area contributed by atoms with E-state index in [1.165, 1.54) is 6.08 Å². The predicted octanol–water partition coefficient (Wildman–Crippen LogP) is 2.98. The molecule has 74 valence electrons. The Hall–Kier alpha value is -0.540. The van der Waals surface area contributed by atoms with Gasteiger partial charge in [0, 0.05) is 10.7 Å². The van der Waals surface area contributed by atoms with Gasteiger partial charge < -0.3 is 0 Å². The molecule has 0 aromatic heterocycles. The topological polar surface area (TPSA) is 34.1 Å². The first kappa shape index (κ1) is 12.5. The number of allylic oxidation sites excluding steroid dienone is 4. The average Bonchev–Trinajstić information content (AvgIpc) is 2.01. The minimum atomic E-state index is -3.68. The molecule has 4 heteroatoms. The van der Waals surface area contributed by atoms with Gasteiger partial charge in [-0.1, -0.05) is 18.7 Å². The van der Waals surface area contributed by atoms with Gasteiger partial charge in [0.05, 0.1) is 4.91 Å². The SMILES string of the molecule is C=C/C(C)=C(\C(C)=C/C)S(=O)(=O)Cl. The van der Waals surface area contributed by atoms with Gasteiger partial charge in [0.2, 0.25) is 0 Å². The van der Waals surface area contributed by atoms with Gasteiger partial charge in [0.1, 0.15) is 0 Å². The van der Waals surface area contributed by atoms with E-state index in [0.29, 0.717) is 11.1 Å². The smallest absolute Gasteiger partial charge is 0.207 e. The Morgan fingerprint density at radius 3 is 2.08 bits per heavy atom. The van der Waals surface area contributed by atoms with Crippen LogP contribution in [0.1, 0.15) is 20.8 Å². The number of rotatable bonds is 3. The Morgan fingerprint density at radius 1 is 1.38 bits per heavy atom. The van der Waals surface area contributed by atoms with E-state index in [0.717, 1.165) is 0 Å². The first-order valence-electron chi connectivity index (χ1n) is 3.75. The van der Waals surface area contributed by atoms with Crippen molar-refractivity contribution in [2.24, 2.45) is 0 Å². The van der Waals surface area contributed by atoms with Gasteiger partial charge in [0.15, 0.2) is 0 Å². The van der Waals surface area contributed by atoms with Crippen LogP contribution in [0.15, 0.2) is 34.8 Å². The van der Waals surface area contributed by atoms with E-state index in [1.807, 2.05) is 0 Å². The van der Waals surface area contributed by atoms with Crippen molar-refractivity contribution in [3.8, 4) is 0 Å². The second-order valence-electron chi connectivity index (χ2n) is 2.63. The number of hydrogen-bond acceptors (Lipinski definition) is 2. The molecule has 0 heterocycles. The van der Waals surface area contributed by atoms with Gasteiger partial charge >= 0.3 is 0 Å². The van der Waals surface area contributed by atoms with Crippen molar-refractivity contribution >= 4 is 19.7 Å². The molecule has 0 amide bonds. The third-order valence-electron chi connectivity index (χ3n) is 1.70. The average molecular weight is 221 g/mol. The lowest BCUT2D eigenvalue weighted by Crippen LogP contribution is -1.99. The highest BCUT2D eigenvalue weighted by atomic mass is 35.7. The largest absolute Gasteiger partial charge is 0.261 e. The van der Waals surface area contributed by atoms with Gasteiger partial charge in [-0.3, -0.25) is 0 Å². The van der Waals surface area contributed by atoms with Crippen LogP contribution in [0.3, 0.4) is 0 Å². The van der Waals surface area contributed by atoms with Crippen molar-refractivity contribution in [1.82, 2.24) is 0 Å². The van der Waals surface area contributed by atoms with Crippen LogP contribution in [0.4, 0.5) is 0 Å². The molecular weight excluding hydrogens is 208 g/mol. The fourth-order valence-electron chi connectivity index (χ4n) is 0.919. The second-order valence-corrected chi connectivity index (χ2v) is 5.13. The predicted molar refractivity (Wildman–Crippen MR) is 57.1 cm³/mol. The summed E-state index contributed by atoms with van der Waals surface area (Å²) < 4.78 is 22.3. The Balaban J connectivity index is 5.66. The van der Waals surface area contributed by atoms with Crippen molar-refractivity contribution in [3.05, 3.63) is 34.8 Å². The van der Waals surface area contributed by atoms with E-state index in [-0.39, 0.29) is 4.91 Å². The highest BCUT2D eigenvalue weighted by molar-refractivity contribution is 8.17. The van der Waals surface area contributed by atoms with Crippen LogP contribution in [-0.2, 0) is 9.05 Å². The Labute approximate surface area is 84.0 Å². The van der Waals surface area contributed by atoms with Gasteiger partial charge in [0.25, 0.3) is 9.05 Å². The monoisotopic (exact) mass is 220 g/mol. The fourth-order valence-corrected chi connectivity index (χ4v) is 2.62. The van der Waals surface area contributed by atoms with Gasteiger partial charge in [-0.05, 0) is 31.9 Å². The summed E-state index contributed by atoms with van der Waals surface area (Å²) in [7, 11) is 1.60. The third-order valence-corrected chi connectivity index (χ3v) is 3.29.